The van der Waals surface area contributed by atoms with Gasteiger partial charge in [0, 0.05) is 6.54 Å². The quantitative estimate of drug-likeness (QED) is 0.870. The number of hydrogen-bond acceptors (Lipinski definition) is 5. The van der Waals surface area contributed by atoms with E-state index in [-0.39, 0.29) is 31.8 Å². The molecule has 1 saturated heterocycles. The van der Waals surface area contributed by atoms with Crippen molar-refractivity contribution in [1.82, 2.24) is 10.2 Å². The summed E-state index contributed by atoms with van der Waals surface area (Å²) >= 11 is 0. The summed E-state index contributed by atoms with van der Waals surface area (Å²) in [5, 5.41) is 12.2. The molecule has 0 aliphatic carbocycles. The highest BCUT2D eigenvalue weighted by Gasteiger charge is 2.37. The van der Waals surface area contributed by atoms with Crippen LogP contribution >= 0.6 is 0 Å². The highest BCUT2D eigenvalue weighted by atomic mass is 16.6. The van der Waals surface area contributed by atoms with Crippen molar-refractivity contribution in [2.75, 3.05) is 13.2 Å². The van der Waals surface area contributed by atoms with Crippen molar-refractivity contribution in [2.24, 2.45) is 0 Å². The third-order valence-electron chi connectivity index (χ3n) is 3.79. The number of nitrogens with one attached hydrogen (secondary N) is 1. The Kier molecular flexibility index (Phi) is 6.25. The van der Waals surface area contributed by atoms with Crippen LogP contribution < -0.4 is 5.32 Å². The fraction of sp³-hybridized carbons (Fsp3) is 0.556. The van der Waals surface area contributed by atoms with Gasteiger partial charge in [0.25, 0.3) is 0 Å². The van der Waals surface area contributed by atoms with E-state index < -0.39 is 17.8 Å². The summed E-state index contributed by atoms with van der Waals surface area (Å²) in [6, 6.07) is 8.71. The molecule has 138 valence electrons. The third kappa shape index (κ3) is 5.94. The summed E-state index contributed by atoms with van der Waals surface area (Å²) in [7, 11) is 0. The van der Waals surface area contributed by atoms with E-state index in [2.05, 4.69) is 5.32 Å². The number of likely N-dealkylation sites (tertiary alicyclic amines) is 1. The smallest absolute Gasteiger partial charge is 0.410 e. The third-order valence-corrected chi connectivity index (χ3v) is 3.79. The Labute approximate surface area is 147 Å². The molecule has 1 aliphatic heterocycles. The normalized spacial score (nSPS) is 20.2. The number of rotatable bonds is 4. The van der Waals surface area contributed by atoms with Gasteiger partial charge in [0.05, 0.1) is 18.7 Å². The molecule has 0 bridgehead atoms. The van der Waals surface area contributed by atoms with Crippen LogP contribution in [0.15, 0.2) is 30.3 Å². The maximum atomic E-state index is 12.2. The average molecular weight is 350 g/mol. The van der Waals surface area contributed by atoms with Crippen molar-refractivity contribution >= 4 is 12.2 Å². The van der Waals surface area contributed by atoms with Crippen molar-refractivity contribution in [1.29, 1.82) is 0 Å². The number of nitrogens with zero attached hydrogens (tertiary/aromatic N) is 1. The molecule has 7 heteroatoms. The van der Waals surface area contributed by atoms with E-state index in [1.165, 1.54) is 4.90 Å². The first-order valence-electron chi connectivity index (χ1n) is 8.36. The number of carbonyl (C=O) groups is 2. The van der Waals surface area contributed by atoms with Crippen LogP contribution in [-0.4, -0.2) is 53.0 Å². The standard InChI is InChI=1S/C18H26N2O5/c1-18(2,3)25-17(23)20-10-14(9-15(20)11-21)19-16(22)24-12-13-7-5-4-6-8-13/h4-8,14-15,21H,9-12H2,1-3H3,(H,19,22)/t14-,15-/m1/s1. The molecule has 7 nitrogen and oxygen atoms in total. The van der Waals surface area contributed by atoms with Gasteiger partial charge in [0.1, 0.15) is 12.2 Å². The summed E-state index contributed by atoms with van der Waals surface area (Å²) in [5.41, 5.74) is 0.282. The Balaban J connectivity index is 1.84. The van der Waals surface area contributed by atoms with Crippen LogP contribution in [0.5, 0.6) is 0 Å². The second-order valence-corrected chi connectivity index (χ2v) is 7.11. The molecule has 0 unspecified atom stereocenters. The highest BCUT2D eigenvalue weighted by Crippen LogP contribution is 2.21. The van der Waals surface area contributed by atoms with E-state index >= 15 is 0 Å². The van der Waals surface area contributed by atoms with Crippen LogP contribution in [0.2, 0.25) is 0 Å². The summed E-state index contributed by atoms with van der Waals surface area (Å²) in [4.78, 5) is 25.6. The summed E-state index contributed by atoms with van der Waals surface area (Å²) in [6.45, 7) is 5.62. The molecule has 1 fully saturated rings. The summed E-state index contributed by atoms with van der Waals surface area (Å²) in [6.07, 6.45) is -0.582. The second kappa shape index (κ2) is 8.20. The SMILES string of the molecule is CC(C)(C)OC(=O)N1C[C@H](NC(=O)OCc2ccccc2)C[C@@H]1CO. The van der Waals surface area contributed by atoms with Gasteiger partial charge in [0.2, 0.25) is 0 Å². The Morgan fingerprint density at radius 2 is 1.96 bits per heavy atom. The van der Waals surface area contributed by atoms with E-state index in [1.807, 2.05) is 30.3 Å². The van der Waals surface area contributed by atoms with Gasteiger partial charge < -0.3 is 24.8 Å². The molecule has 0 spiro atoms. The molecular weight excluding hydrogens is 324 g/mol. The monoisotopic (exact) mass is 350 g/mol. The minimum absolute atomic E-state index is 0.179. The van der Waals surface area contributed by atoms with Gasteiger partial charge in [-0.15, -0.1) is 0 Å². The Morgan fingerprint density at radius 1 is 1.28 bits per heavy atom. The summed E-state index contributed by atoms with van der Waals surface area (Å²) < 4.78 is 10.5. The van der Waals surface area contributed by atoms with Crippen LogP contribution in [-0.2, 0) is 16.1 Å². The molecule has 1 heterocycles. The van der Waals surface area contributed by atoms with Gasteiger partial charge in [-0.05, 0) is 32.8 Å². The van der Waals surface area contributed by atoms with E-state index in [0.717, 1.165) is 5.56 Å². The van der Waals surface area contributed by atoms with Crippen LogP contribution in [0.25, 0.3) is 0 Å². The van der Waals surface area contributed by atoms with Crippen molar-refractivity contribution in [3.05, 3.63) is 35.9 Å². The predicted molar refractivity (Wildman–Crippen MR) is 92.0 cm³/mol. The van der Waals surface area contributed by atoms with E-state index in [4.69, 9.17) is 9.47 Å². The maximum absolute atomic E-state index is 12.2. The minimum Gasteiger partial charge on any atom is -0.445 e. The van der Waals surface area contributed by atoms with Crippen LogP contribution in [0.1, 0.15) is 32.8 Å². The zero-order valence-electron chi connectivity index (χ0n) is 14.9. The predicted octanol–water partition coefficient (Wildman–Crippen LogP) is 2.28. The van der Waals surface area contributed by atoms with E-state index in [1.54, 1.807) is 20.8 Å². The van der Waals surface area contributed by atoms with Gasteiger partial charge in [-0.25, -0.2) is 9.59 Å². The molecule has 1 aliphatic rings. The lowest BCUT2D eigenvalue weighted by molar-refractivity contribution is 0.0173. The fourth-order valence-corrected chi connectivity index (χ4v) is 2.67. The van der Waals surface area contributed by atoms with Crippen molar-refractivity contribution in [3.63, 3.8) is 0 Å². The molecule has 2 atom stereocenters. The Bertz CT molecular complexity index is 585. The highest BCUT2D eigenvalue weighted by molar-refractivity contribution is 5.70. The van der Waals surface area contributed by atoms with Crippen molar-refractivity contribution in [3.8, 4) is 0 Å². The van der Waals surface area contributed by atoms with Gasteiger partial charge in [0.15, 0.2) is 0 Å². The largest absolute Gasteiger partial charge is 0.445 e. The average Bonchev–Trinajstić information content (AvgIpc) is 2.95. The number of carbonyl (C=O) groups excluding carboxylic acids is 2. The first-order valence-corrected chi connectivity index (χ1v) is 8.36. The number of ether oxygens (including phenoxy) is 2. The number of benzene rings is 1. The number of hydrogen-bond donors (Lipinski definition) is 2. The molecule has 2 amide bonds. The maximum Gasteiger partial charge on any atom is 0.410 e. The fourth-order valence-electron chi connectivity index (χ4n) is 2.67. The van der Waals surface area contributed by atoms with Gasteiger partial charge in [-0.2, -0.15) is 0 Å². The molecule has 1 aromatic carbocycles. The van der Waals surface area contributed by atoms with Crippen LogP contribution in [0.3, 0.4) is 0 Å². The van der Waals surface area contributed by atoms with Gasteiger partial charge in [-0.3, -0.25) is 0 Å². The zero-order valence-corrected chi connectivity index (χ0v) is 14.9. The molecule has 0 aromatic heterocycles. The lowest BCUT2D eigenvalue weighted by atomic mass is 10.2. The van der Waals surface area contributed by atoms with E-state index in [9.17, 15) is 14.7 Å². The number of amides is 2. The molecule has 2 N–H and O–H groups in total. The van der Waals surface area contributed by atoms with Crippen molar-refractivity contribution in [2.45, 2.75) is 51.5 Å². The number of aliphatic hydroxyl groups excluding tert-OH is 1. The van der Waals surface area contributed by atoms with Crippen LogP contribution in [0.4, 0.5) is 9.59 Å². The number of alkyl carbamates (subject to hydrolysis) is 1. The topological polar surface area (TPSA) is 88.1 Å². The summed E-state index contributed by atoms with van der Waals surface area (Å²) in [5.74, 6) is 0. The minimum atomic E-state index is -0.614. The van der Waals surface area contributed by atoms with Crippen molar-refractivity contribution < 1.29 is 24.2 Å². The lowest BCUT2D eigenvalue weighted by Crippen LogP contribution is -2.42. The molecule has 2 rings (SSSR count). The van der Waals surface area contributed by atoms with Gasteiger partial charge in [-0.1, -0.05) is 30.3 Å². The molecule has 0 radical (unpaired) electrons. The molecule has 0 saturated carbocycles. The first-order chi connectivity index (χ1) is 11.8. The van der Waals surface area contributed by atoms with Crippen LogP contribution in [0, 0.1) is 0 Å². The van der Waals surface area contributed by atoms with Gasteiger partial charge >= 0.3 is 12.2 Å². The number of aliphatic hydroxyl groups is 1. The Morgan fingerprint density at radius 3 is 2.56 bits per heavy atom. The second-order valence-electron chi connectivity index (χ2n) is 7.11. The molecular formula is C18H26N2O5. The molecule has 1 aromatic rings. The molecule has 25 heavy (non-hydrogen) atoms. The Hall–Kier alpha value is -2.28. The lowest BCUT2D eigenvalue weighted by Gasteiger charge is -2.27. The van der Waals surface area contributed by atoms with E-state index in [0.29, 0.717) is 6.42 Å². The first kappa shape index (κ1) is 19.1. The zero-order chi connectivity index (χ0) is 18.4.